The average molecular weight is 276 g/mol. The van der Waals surface area contributed by atoms with Crippen LogP contribution in [0.3, 0.4) is 0 Å². The summed E-state index contributed by atoms with van der Waals surface area (Å²) in [6.07, 6.45) is 3.19. The SMILES string of the molecule is C=C[C@H](N)c1ncc(I)cc1O. The van der Waals surface area contributed by atoms with E-state index in [-0.39, 0.29) is 5.75 Å². The largest absolute Gasteiger partial charge is 0.506 e. The van der Waals surface area contributed by atoms with Crippen LogP contribution in [-0.2, 0) is 0 Å². The van der Waals surface area contributed by atoms with Crippen molar-refractivity contribution in [2.45, 2.75) is 6.04 Å². The van der Waals surface area contributed by atoms with Crippen LogP contribution in [0.1, 0.15) is 11.7 Å². The molecule has 1 aromatic heterocycles. The third-order valence-corrected chi connectivity index (χ3v) is 2.02. The van der Waals surface area contributed by atoms with Crippen LogP contribution in [0, 0.1) is 3.57 Å². The number of nitrogens with zero attached hydrogens (tertiary/aromatic N) is 1. The minimum atomic E-state index is -0.401. The number of pyridine rings is 1. The molecular formula is C8H9IN2O. The molecule has 0 aromatic carbocycles. The Morgan fingerprint density at radius 1 is 1.75 bits per heavy atom. The van der Waals surface area contributed by atoms with E-state index in [4.69, 9.17) is 5.73 Å². The van der Waals surface area contributed by atoms with Crippen LogP contribution in [0.25, 0.3) is 0 Å². The van der Waals surface area contributed by atoms with Gasteiger partial charge in [0.2, 0.25) is 0 Å². The van der Waals surface area contributed by atoms with E-state index in [1.165, 1.54) is 6.08 Å². The molecule has 4 heteroatoms. The first-order valence-corrected chi connectivity index (χ1v) is 4.45. The fourth-order valence-electron chi connectivity index (χ4n) is 0.808. The number of halogens is 1. The lowest BCUT2D eigenvalue weighted by Crippen LogP contribution is -2.08. The van der Waals surface area contributed by atoms with Crippen molar-refractivity contribution in [2.75, 3.05) is 0 Å². The highest BCUT2D eigenvalue weighted by molar-refractivity contribution is 14.1. The van der Waals surface area contributed by atoms with Crippen molar-refractivity contribution in [1.29, 1.82) is 0 Å². The Bertz CT molecular complexity index is 301. The van der Waals surface area contributed by atoms with Gasteiger partial charge in [-0.15, -0.1) is 6.58 Å². The molecule has 0 bridgehead atoms. The molecule has 0 saturated carbocycles. The van der Waals surface area contributed by atoms with Crippen molar-refractivity contribution in [3.8, 4) is 5.75 Å². The van der Waals surface area contributed by atoms with Gasteiger partial charge in [0.25, 0.3) is 0 Å². The van der Waals surface area contributed by atoms with Gasteiger partial charge in [0.05, 0.1) is 6.04 Å². The summed E-state index contributed by atoms with van der Waals surface area (Å²) in [5.41, 5.74) is 6.07. The second-order valence-electron chi connectivity index (χ2n) is 2.32. The van der Waals surface area contributed by atoms with E-state index in [0.717, 1.165) is 3.57 Å². The van der Waals surface area contributed by atoms with E-state index < -0.39 is 6.04 Å². The molecule has 3 N–H and O–H groups in total. The minimum Gasteiger partial charge on any atom is -0.506 e. The molecule has 1 rings (SSSR count). The molecule has 0 aliphatic rings. The van der Waals surface area contributed by atoms with Gasteiger partial charge in [-0.3, -0.25) is 4.98 Å². The number of aromatic hydroxyl groups is 1. The molecule has 0 saturated heterocycles. The first kappa shape index (κ1) is 9.47. The van der Waals surface area contributed by atoms with Crippen LogP contribution in [0.4, 0.5) is 0 Å². The maximum absolute atomic E-state index is 9.40. The van der Waals surface area contributed by atoms with Gasteiger partial charge in [-0.1, -0.05) is 6.08 Å². The maximum atomic E-state index is 9.40. The third kappa shape index (κ3) is 1.95. The number of hydrogen-bond acceptors (Lipinski definition) is 3. The molecule has 0 aliphatic heterocycles. The molecular weight excluding hydrogens is 267 g/mol. The summed E-state index contributed by atoms with van der Waals surface area (Å²) < 4.78 is 0.880. The number of rotatable bonds is 2. The normalized spacial score (nSPS) is 12.5. The molecule has 0 unspecified atom stereocenters. The molecule has 12 heavy (non-hydrogen) atoms. The Morgan fingerprint density at radius 2 is 2.42 bits per heavy atom. The van der Waals surface area contributed by atoms with Crippen molar-refractivity contribution >= 4 is 22.6 Å². The van der Waals surface area contributed by atoms with E-state index in [0.29, 0.717) is 5.69 Å². The van der Waals surface area contributed by atoms with Gasteiger partial charge in [-0.2, -0.15) is 0 Å². The number of nitrogens with two attached hydrogens (primary N) is 1. The lowest BCUT2D eigenvalue weighted by molar-refractivity contribution is 0.460. The fourth-order valence-corrected chi connectivity index (χ4v) is 1.24. The highest BCUT2D eigenvalue weighted by atomic mass is 127. The second kappa shape index (κ2) is 3.86. The summed E-state index contributed by atoms with van der Waals surface area (Å²) in [6, 6.07) is 1.22. The molecule has 0 spiro atoms. The summed E-state index contributed by atoms with van der Waals surface area (Å²) in [5, 5.41) is 9.40. The lowest BCUT2D eigenvalue weighted by atomic mass is 10.2. The highest BCUT2D eigenvalue weighted by Gasteiger charge is 2.08. The van der Waals surface area contributed by atoms with Crippen LogP contribution >= 0.6 is 22.6 Å². The Hall–Kier alpha value is -0.620. The molecule has 0 amide bonds. The molecule has 0 radical (unpaired) electrons. The Balaban J connectivity index is 3.09. The van der Waals surface area contributed by atoms with Gasteiger partial charge in [0.1, 0.15) is 11.4 Å². The zero-order chi connectivity index (χ0) is 9.14. The van der Waals surface area contributed by atoms with Crippen molar-refractivity contribution in [1.82, 2.24) is 4.98 Å². The van der Waals surface area contributed by atoms with E-state index in [2.05, 4.69) is 34.2 Å². The van der Waals surface area contributed by atoms with Gasteiger partial charge >= 0.3 is 0 Å². The Kier molecular flexibility index (Phi) is 3.05. The predicted octanol–water partition coefficient (Wildman–Crippen LogP) is 1.58. The molecule has 0 fully saturated rings. The predicted molar refractivity (Wildman–Crippen MR) is 55.7 cm³/mol. The molecule has 1 heterocycles. The Morgan fingerprint density at radius 3 is 2.92 bits per heavy atom. The van der Waals surface area contributed by atoms with Crippen LogP contribution < -0.4 is 5.73 Å². The molecule has 0 aliphatic carbocycles. The van der Waals surface area contributed by atoms with Gasteiger partial charge < -0.3 is 10.8 Å². The summed E-state index contributed by atoms with van der Waals surface area (Å²) in [7, 11) is 0. The minimum absolute atomic E-state index is 0.120. The molecule has 3 nitrogen and oxygen atoms in total. The van der Waals surface area contributed by atoms with Gasteiger partial charge in [0, 0.05) is 9.77 Å². The van der Waals surface area contributed by atoms with Gasteiger partial charge in [-0.05, 0) is 28.7 Å². The Labute approximate surface area is 84.5 Å². The number of aromatic nitrogens is 1. The third-order valence-electron chi connectivity index (χ3n) is 1.43. The number of hydrogen-bond donors (Lipinski definition) is 2. The van der Waals surface area contributed by atoms with Crippen LogP contribution in [0.2, 0.25) is 0 Å². The lowest BCUT2D eigenvalue weighted by Gasteiger charge is -2.07. The highest BCUT2D eigenvalue weighted by Crippen LogP contribution is 2.22. The summed E-state index contributed by atoms with van der Waals surface area (Å²) in [6.45, 7) is 3.52. The van der Waals surface area contributed by atoms with E-state index >= 15 is 0 Å². The van der Waals surface area contributed by atoms with E-state index in [1.807, 2.05) is 0 Å². The van der Waals surface area contributed by atoms with Crippen molar-refractivity contribution < 1.29 is 5.11 Å². The molecule has 1 atom stereocenters. The van der Waals surface area contributed by atoms with Crippen LogP contribution in [0.5, 0.6) is 5.75 Å². The van der Waals surface area contributed by atoms with Crippen molar-refractivity contribution in [2.24, 2.45) is 5.73 Å². The second-order valence-corrected chi connectivity index (χ2v) is 3.57. The molecule has 64 valence electrons. The zero-order valence-electron chi connectivity index (χ0n) is 6.37. The first-order valence-electron chi connectivity index (χ1n) is 3.37. The quantitative estimate of drug-likeness (QED) is 0.637. The van der Waals surface area contributed by atoms with Crippen molar-refractivity contribution in [3.63, 3.8) is 0 Å². The summed E-state index contributed by atoms with van der Waals surface area (Å²) in [4.78, 5) is 3.99. The van der Waals surface area contributed by atoms with Crippen LogP contribution in [-0.4, -0.2) is 10.1 Å². The average Bonchev–Trinajstić information content (AvgIpc) is 2.03. The molecule has 1 aromatic rings. The van der Waals surface area contributed by atoms with E-state index in [9.17, 15) is 5.11 Å². The maximum Gasteiger partial charge on any atom is 0.140 e. The van der Waals surface area contributed by atoms with Crippen LogP contribution in [0.15, 0.2) is 24.9 Å². The van der Waals surface area contributed by atoms with Gasteiger partial charge in [-0.25, -0.2) is 0 Å². The van der Waals surface area contributed by atoms with Crippen molar-refractivity contribution in [3.05, 3.63) is 34.2 Å². The standard InChI is InChI=1S/C8H9IN2O/c1-2-6(10)8-7(12)3-5(9)4-11-8/h2-4,6,12H,1,10H2/t6-/m0/s1. The summed E-state index contributed by atoms with van der Waals surface area (Å²) in [5.74, 6) is 0.120. The van der Waals surface area contributed by atoms with Gasteiger partial charge in [0.15, 0.2) is 0 Å². The fraction of sp³-hybridized carbons (Fsp3) is 0.125. The first-order chi connectivity index (χ1) is 5.65. The summed E-state index contributed by atoms with van der Waals surface area (Å²) >= 11 is 2.07. The smallest absolute Gasteiger partial charge is 0.140 e. The van der Waals surface area contributed by atoms with E-state index in [1.54, 1.807) is 12.3 Å². The topological polar surface area (TPSA) is 59.1 Å². The monoisotopic (exact) mass is 276 g/mol. The zero-order valence-corrected chi connectivity index (χ0v) is 8.52.